The molecule has 0 spiro atoms. The number of hydrogen-bond donors (Lipinski definition) is 1. The molecule has 0 aliphatic carbocycles. The minimum atomic E-state index is 0.0181. The summed E-state index contributed by atoms with van der Waals surface area (Å²) in [5.41, 5.74) is 2.33. The van der Waals surface area contributed by atoms with E-state index in [-0.39, 0.29) is 11.9 Å². The minimum absolute atomic E-state index is 0.0181. The number of carbonyl (C=O) groups is 1. The Morgan fingerprint density at radius 2 is 2.24 bits per heavy atom. The first-order chi connectivity index (χ1) is 10.2. The Kier molecular flexibility index (Phi) is 3.97. The molecule has 0 radical (unpaired) electrons. The van der Waals surface area contributed by atoms with E-state index in [1.807, 2.05) is 30.3 Å². The first kappa shape index (κ1) is 14.1. The van der Waals surface area contributed by atoms with Gasteiger partial charge in [0.2, 0.25) is 0 Å². The van der Waals surface area contributed by atoms with Gasteiger partial charge < -0.3 is 10.1 Å². The van der Waals surface area contributed by atoms with Crippen LogP contribution >= 0.6 is 11.3 Å². The lowest BCUT2D eigenvalue weighted by molar-refractivity contribution is 0.0929. The molecule has 1 amide bonds. The smallest absolute Gasteiger partial charge is 0.261 e. The average molecular weight is 301 g/mol. The van der Waals surface area contributed by atoms with Crippen molar-refractivity contribution in [2.75, 3.05) is 6.61 Å². The van der Waals surface area contributed by atoms with Crippen molar-refractivity contribution in [1.82, 2.24) is 5.32 Å². The second-order valence-corrected chi connectivity index (χ2v) is 6.50. The minimum Gasteiger partial charge on any atom is -0.493 e. The molecule has 1 aliphatic rings. The number of rotatable bonds is 3. The molecule has 0 saturated carbocycles. The summed E-state index contributed by atoms with van der Waals surface area (Å²) in [5, 5.41) is 3.15. The van der Waals surface area contributed by atoms with Crippen molar-refractivity contribution >= 4 is 17.2 Å². The van der Waals surface area contributed by atoms with Gasteiger partial charge in [-0.3, -0.25) is 4.79 Å². The molecule has 21 heavy (non-hydrogen) atoms. The van der Waals surface area contributed by atoms with Crippen LogP contribution in [-0.2, 0) is 6.42 Å². The van der Waals surface area contributed by atoms with Gasteiger partial charge in [0.25, 0.3) is 5.91 Å². The Morgan fingerprint density at radius 1 is 1.43 bits per heavy atom. The van der Waals surface area contributed by atoms with Crippen LogP contribution in [0, 0.1) is 6.92 Å². The second-order valence-electron chi connectivity index (χ2n) is 5.25. The van der Waals surface area contributed by atoms with Crippen molar-refractivity contribution in [3.8, 4) is 5.75 Å². The Labute approximate surface area is 129 Å². The fourth-order valence-electron chi connectivity index (χ4n) is 2.70. The van der Waals surface area contributed by atoms with Gasteiger partial charge in [-0.2, -0.15) is 0 Å². The van der Waals surface area contributed by atoms with Crippen molar-refractivity contribution in [3.63, 3.8) is 0 Å². The van der Waals surface area contributed by atoms with Crippen molar-refractivity contribution in [2.45, 2.75) is 32.7 Å². The highest BCUT2D eigenvalue weighted by molar-refractivity contribution is 7.14. The number of hydrogen-bond acceptors (Lipinski definition) is 3. The van der Waals surface area contributed by atoms with E-state index in [1.54, 1.807) is 11.3 Å². The van der Waals surface area contributed by atoms with E-state index in [1.165, 1.54) is 10.4 Å². The van der Waals surface area contributed by atoms with Crippen LogP contribution in [0.15, 0.2) is 30.3 Å². The number of aryl methyl sites for hydroxylation is 2. The maximum atomic E-state index is 12.5. The van der Waals surface area contributed by atoms with Gasteiger partial charge in [-0.05, 0) is 31.0 Å². The molecule has 2 heterocycles. The van der Waals surface area contributed by atoms with E-state index in [0.29, 0.717) is 6.61 Å². The largest absolute Gasteiger partial charge is 0.493 e. The number of amides is 1. The fraction of sp³-hybridized carbons (Fsp3) is 0.353. The zero-order valence-electron chi connectivity index (χ0n) is 12.3. The lowest BCUT2D eigenvalue weighted by Crippen LogP contribution is -2.31. The lowest BCUT2D eigenvalue weighted by atomic mass is 10.0. The third-order valence-corrected chi connectivity index (χ3v) is 4.98. The van der Waals surface area contributed by atoms with E-state index in [2.05, 4.69) is 19.2 Å². The Bertz CT molecular complexity index is 663. The molecule has 1 aromatic heterocycles. The lowest BCUT2D eigenvalue weighted by Gasteiger charge is -2.26. The topological polar surface area (TPSA) is 38.3 Å². The van der Waals surface area contributed by atoms with Crippen LogP contribution in [0.4, 0.5) is 0 Å². The molecule has 1 N–H and O–H groups in total. The number of fused-ring (bicyclic) bond motifs is 1. The Morgan fingerprint density at radius 3 is 3.00 bits per heavy atom. The molecule has 4 heteroatoms. The first-order valence-electron chi connectivity index (χ1n) is 7.31. The number of carbonyl (C=O) groups excluding carboxylic acids is 1. The summed E-state index contributed by atoms with van der Waals surface area (Å²) in [6.07, 6.45) is 1.78. The van der Waals surface area contributed by atoms with Crippen LogP contribution in [0.3, 0.4) is 0 Å². The molecule has 3 rings (SSSR count). The zero-order chi connectivity index (χ0) is 14.8. The molecule has 3 nitrogen and oxygen atoms in total. The number of para-hydroxylation sites is 1. The van der Waals surface area contributed by atoms with Gasteiger partial charge in [0, 0.05) is 16.9 Å². The summed E-state index contributed by atoms with van der Waals surface area (Å²) in [6.45, 7) is 4.83. The van der Waals surface area contributed by atoms with Crippen LogP contribution in [0.25, 0.3) is 0 Å². The van der Waals surface area contributed by atoms with E-state index < -0.39 is 0 Å². The predicted molar refractivity (Wildman–Crippen MR) is 85.2 cm³/mol. The number of nitrogens with one attached hydrogen (secondary N) is 1. The first-order valence-corrected chi connectivity index (χ1v) is 8.12. The van der Waals surface area contributed by atoms with Crippen LogP contribution in [0.1, 0.15) is 45.1 Å². The molecule has 2 aromatic rings. The van der Waals surface area contributed by atoms with E-state index in [0.717, 1.165) is 29.0 Å². The van der Waals surface area contributed by atoms with Crippen molar-refractivity contribution in [1.29, 1.82) is 0 Å². The molecule has 1 atom stereocenters. The SMILES string of the molecule is CCc1cc(C(=O)N[C@@H]2CCOc3ccccc32)sc1C. The van der Waals surface area contributed by atoms with Crippen molar-refractivity contribution in [2.24, 2.45) is 0 Å². The highest BCUT2D eigenvalue weighted by Crippen LogP contribution is 2.32. The molecular formula is C17H19NO2S. The number of ether oxygens (including phenoxy) is 1. The van der Waals surface area contributed by atoms with Crippen LogP contribution in [0.2, 0.25) is 0 Å². The molecule has 110 valence electrons. The number of benzene rings is 1. The summed E-state index contributed by atoms with van der Waals surface area (Å²) < 4.78 is 5.63. The normalized spacial score (nSPS) is 17.0. The second kappa shape index (κ2) is 5.90. The van der Waals surface area contributed by atoms with Crippen LogP contribution in [-0.4, -0.2) is 12.5 Å². The highest BCUT2D eigenvalue weighted by Gasteiger charge is 2.23. The Hall–Kier alpha value is -1.81. The molecule has 0 bridgehead atoms. The third-order valence-electron chi connectivity index (χ3n) is 3.89. The average Bonchev–Trinajstić information content (AvgIpc) is 2.89. The van der Waals surface area contributed by atoms with Gasteiger partial charge in [0.1, 0.15) is 5.75 Å². The summed E-state index contributed by atoms with van der Waals surface area (Å²) >= 11 is 1.57. The van der Waals surface area contributed by atoms with Crippen molar-refractivity contribution < 1.29 is 9.53 Å². The molecular weight excluding hydrogens is 282 g/mol. The number of thiophene rings is 1. The van der Waals surface area contributed by atoms with Crippen LogP contribution in [0.5, 0.6) is 5.75 Å². The molecule has 1 aromatic carbocycles. The molecule has 0 saturated heterocycles. The Balaban J connectivity index is 1.79. The molecule has 1 aliphatic heterocycles. The van der Waals surface area contributed by atoms with E-state index in [4.69, 9.17) is 4.74 Å². The standard InChI is InChI=1S/C17H19NO2S/c1-3-12-10-16(21-11(12)2)17(19)18-14-8-9-20-15-7-5-4-6-13(14)15/h4-7,10,14H,3,8-9H2,1-2H3,(H,18,19)/t14-/m1/s1. The third kappa shape index (κ3) is 2.81. The fourth-order valence-corrected chi connectivity index (χ4v) is 3.72. The summed E-state index contributed by atoms with van der Waals surface area (Å²) in [6, 6.07) is 9.97. The molecule has 0 unspecified atom stereocenters. The van der Waals surface area contributed by atoms with E-state index >= 15 is 0 Å². The van der Waals surface area contributed by atoms with Gasteiger partial charge in [0.15, 0.2) is 0 Å². The maximum Gasteiger partial charge on any atom is 0.261 e. The molecule has 0 fully saturated rings. The summed E-state index contributed by atoms with van der Waals surface area (Å²) in [5.74, 6) is 0.898. The monoisotopic (exact) mass is 301 g/mol. The van der Waals surface area contributed by atoms with E-state index in [9.17, 15) is 4.79 Å². The van der Waals surface area contributed by atoms with Gasteiger partial charge in [-0.15, -0.1) is 11.3 Å². The maximum absolute atomic E-state index is 12.5. The van der Waals surface area contributed by atoms with Gasteiger partial charge in [-0.25, -0.2) is 0 Å². The highest BCUT2D eigenvalue weighted by atomic mass is 32.1. The summed E-state index contributed by atoms with van der Waals surface area (Å²) in [7, 11) is 0. The van der Waals surface area contributed by atoms with Crippen molar-refractivity contribution in [3.05, 3.63) is 51.2 Å². The predicted octanol–water partition coefficient (Wildman–Crippen LogP) is 3.87. The van der Waals surface area contributed by atoms with Gasteiger partial charge in [-0.1, -0.05) is 25.1 Å². The quantitative estimate of drug-likeness (QED) is 0.934. The summed E-state index contributed by atoms with van der Waals surface area (Å²) in [4.78, 5) is 14.5. The zero-order valence-corrected chi connectivity index (χ0v) is 13.1. The van der Waals surface area contributed by atoms with Gasteiger partial charge >= 0.3 is 0 Å². The van der Waals surface area contributed by atoms with Crippen LogP contribution < -0.4 is 10.1 Å². The van der Waals surface area contributed by atoms with Gasteiger partial charge in [0.05, 0.1) is 17.5 Å².